The van der Waals surface area contributed by atoms with Gasteiger partial charge < -0.3 is 10.1 Å². The highest BCUT2D eigenvalue weighted by molar-refractivity contribution is 6.35. The largest absolute Gasteiger partial charge is 0.495 e. The summed E-state index contributed by atoms with van der Waals surface area (Å²) < 4.78 is 5.47. The van der Waals surface area contributed by atoms with Gasteiger partial charge in [0.05, 0.1) is 35.3 Å². The molecule has 7 nitrogen and oxygen atoms in total. The number of benzene rings is 2. The van der Waals surface area contributed by atoms with Crippen LogP contribution in [0.1, 0.15) is 24.0 Å². The monoisotopic (exact) mass is 485 g/mol. The Morgan fingerprint density at radius 1 is 1.12 bits per heavy atom. The van der Waals surface area contributed by atoms with Crippen molar-refractivity contribution in [1.29, 1.82) is 0 Å². The molecule has 0 radical (unpaired) electrons. The molecule has 0 unspecified atom stereocenters. The predicted octanol–water partition coefficient (Wildman–Crippen LogP) is 3.74. The molecule has 170 valence electrons. The summed E-state index contributed by atoms with van der Waals surface area (Å²) in [6, 6.07) is 8.43. The maximum Gasteiger partial charge on any atom is 0.250 e. The molecule has 4 heterocycles. The van der Waals surface area contributed by atoms with Crippen LogP contribution in [0.15, 0.2) is 30.3 Å². The third-order valence-corrected chi connectivity index (χ3v) is 8.40. The van der Waals surface area contributed by atoms with Crippen LogP contribution >= 0.6 is 23.2 Å². The number of nitrogens with one attached hydrogen (secondary N) is 1. The van der Waals surface area contributed by atoms with E-state index in [1.54, 1.807) is 31.2 Å². The number of halogens is 2. The molecule has 1 spiro atoms. The lowest BCUT2D eigenvalue weighted by atomic mass is 9.75. The van der Waals surface area contributed by atoms with Crippen molar-refractivity contribution in [2.75, 3.05) is 23.9 Å². The van der Waals surface area contributed by atoms with Gasteiger partial charge in [-0.3, -0.25) is 19.3 Å². The van der Waals surface area contributed by atoms with Crippen LogP contribution in [-0.4, -0.2) is 42.3 Å². The number of hydrogen-bond acceptors (Lipinski definition) is 5. The molecule has 3 saturated heterocycles. The van der Waals surface area contributed by atoms with Gasteiger partial charge in [0.15, 0.2) is 0 Å². The molecule has 3 amide bonds. The highest BCUT2D eigenvalue weighted by Crippen LogP contribution is 2.61. The number of aryl methyl sites for hydroxylation is 1. The van der Waals surface area contributed by atoms with Gasteiger partial charge in [-0.25, -0.2) is 4.90 Å². The molecule has 4 aliphatic heterocycles. The third kappa shape index (κ3) is 2.42. The Bertz CT molecular complexity index is 1260. The second-order valence-corrected chi connectivity index (χ2v) is 9.89. The zero-order valence-electron chi connectivity index (χ0n) is 18.0. The lowest BCUT2D eigenvalue weighted by Gasteiger charge is -2.36. The standard InChI is InChI=1S/C24H21Cl2N3O4/c1-11-9-16(17(33-2)10-14(11)26)29-21(30)18-15-7-4-8-28(15)24(19(18)22(29)31)12-5-3-6-13(25)20(12)27-23(24)32/h3,5-6,9-10,15,18-19H,4,7-8H2,1-2H3,(H,27,32)/t15-,18+,19+,24-/m0/s1. The molecule has 9 heteroatoms. The fourth-order valence-electron chi connectivity index (χ4n) is 6.42. The maximum absolute atomic E-state index is 14.1. The van der Waals surface area contributed by atoms with Gasteiger partial charge in [-0.15, -0.1) is 0 Å². The number of ether oxygens (including phenoxy) is 1. The first-order valence-corrected chi connectivity index (χ1v) is 11.7. The van der Waals surface area contributed by atoms with Crippen LogP contribution in [0.25, 0.3) is 0 Å². The highest BCUT2D eigenvalue weighted by atomic mass is 35.5. The molecule has 3 fully saturated rings. The molecule has 4 atom stereocenters. The van der Waals surface area contributed by atoms with Crippen molar-refractivity contribution in [2.24, 2.45) is 11.8 Å². The Morgan fingerprint density at radius 2 is 1.91 bits per heavy atom. The summed E-state index contributed by atoms with van der Waals surface area (Å²) in [5.74, 6) is -2.15. The lowest BCUT2D eigenvalue weighted by Crippen LogP contribution is -2.54. The molecular weight excluding hydrogens is 465 g/mol. The number of imide groups is 1. The van der Waals surface area contributed by atoms with Gasteiger partial charge in [-0.1, -0.05) is 35.3 Å². The van der Waals surface area contributed by atoms with Gasteiger partial charge in [0.2, 0.25) is 11.8 Å². The van der Waals surface area contributed by atoms with E-state index in [9.17, 15) is 14.4 Å². The van der Waals surface area contributed by atoms with E-state index >= 15 is 0 Å². The topological polar surface area (TPSA) is 79.0 Å². The number of rotatable bonds is 2. The Hall–Kier alpha value is -2.61. The molecule has 2 aromatic carbocycles. The van der Waals surface area contributed by atoms with Crippen molar-refractivity contribution in [2.45, 2.75) is 31.3 Å². The van der Waals surface area contributed by atoms with E-state index in [1.165, 1.54) is 12.0 Å². The highest BCUT2D eigenvalue weighted by Gasteiger charge is 2.74. The number of nitrogens with zero attached hydrogens (tertiary/aromatic N) is 2. The van der Waals surface area contributed by atoms with Gasteiger partial charge in [0.1, 0.15) is 11.3 Å². The van der Waals surface area contributed by atoms with Gasteiger partial charge in [-0.2, -0.15) is 0 Å². The van der Waals surface area contributed by atoms with Gasteiger partial charge in [0, 0.05) is 22.7 Å². The number of para-hydroxylation sites is 1. The normalized spacial score (nSPS) is 30.1. The van der Waals surface area contributed by atoms with Crippen LogP contribution in [0, 0.1) is 18.8 Å². The Balaban J connectivity index is 1.57. The minimum absolute atomic E-state index is 0.202. The van der Waals surface area contributed by atoms with E-state index in [-0.39, 0.29) is 17.9 Å². The second-order valence-electron chi connectivity index (χ2n) is 9.07. The lowest BCUT2D eigenvalue weighted by molar-refractivity contribution is -0.135. The SMILES string of the molecule is COc1cc(Cl)c(C)cc1N1C(=O)[C@@H]2[C@@H]3CCCN3[C@]3(C(=O)Nc4c(Cl)cccc43)[C@H]2C1=O. The molecule has 0 saturated carbocycles. The Labute approximate surface area is 200 Å². The molecule has 2 aromatic rings. The number of carbonyl (C=O) groups is 3. The quantitative estimate of drug-likeness (QED) is 0.655. The van der Waals surface area contributed by atoms with E-state index < -0.39 is 23.3 Å². The zero-order chi connectivity index (χ0) is 23.2. The van der Waals surface area contributed by atoms with Crippen LogP contribution in [-0.2, 0) is 19.9 Å². The molecule has 4 aliphatic rings. The van der Waals surface area contributed by atoms with Gasteiger partial charge in [0.25, 0.3) is 5.91 Å². The number of carbonyl (C=O) groups excluding carboxylic acids is 3. The van der Waals surface area contributed by atoms with Crippen molar-refractivity contribution < 1.29 is 19.1 Å². The summed E-state index contributed by atoms with van der Waals surface area (Å²) in [5, 5.41) is 3.81. The number of amides is 3. The minimum Gasteiger partial charge on any atom is -0.495 e. The molecule has 0 bridgehead atoms. The third-order valence-electron chi connectivity index (χ3n) is 7.68. The van der Waals surface area contributed by atoms with E-state index in [0.717, 1.165) is 18.4 Å². The van der Waals surface area contributed by atoms with Crippen LogP contribution in [0.4, 0.5) is 11.4 Å². The molecule has 1 N–H and O–H groups in total. The summed E-state index contributed by atoms with van der Waals surface area (Å²) in [5.41, 5.74) is 1.00. The summed E-state index contributed by atoms with van der Waals surface area (Å²) in [4.78, 5) is 44.9. The van der Waals surface area contributed by atoms with Gasteiger partial charge >= 0.3 is 0 Å². The zero-order valence-corrected chi connectivity index (χ0v) is 19.5. The maximum atomic E-state index is 14.1. The van der Waals surface area contributed by atoms with Crippen molar-refractivity contribution in [3.63, 3.8) is 0 Å². The van der Waals surface area contributed by atoms with E-state index in [4.69, 9.17) is 27.9 Å². The summed E-state index contributed by atoms with van der Waals surface area (Å²) in [6.45, 7) is 2.45. The van der Waals surface area contributed by atoms with Crippen LogP contribution in [0.2, 0.25) is 10.0 Å². The minimum atomic E-state index is -1.26. The molecule has 33 heavy (non-hydrogen) atoms. The van der Waals surface area contributed by atoms with Crippen LogP contribution in [0.5, 0.6) is 5.75 Å². The van der Waals surface area contributed by atoms with Crippen molar-refractivity contribution >= 4 is 52.3 Å². The number of methoxy groups -OCH3 is 1. The molecular formula is C24H21Cl2N3O4. The molecule has 0 aromatic heterocycles. The first-order valence-electron chi connectivity index (χ1n) is 10.9. The van der Waals surface area contributed by atoms with Crippen LogP contribution in [0.3, 0.4) is 0 Å². The van der Waals surface area contributed by atoms with E-state index in [0.29, 0.717) is 39.3 Å². The van der Waals surface area contributed by atoms with Crippen molar-refractivity contribution in [3.8, 4) is 5.75 Å². The first-order chi connectivity index (χ1) is 15.8. The number of hydrogen-bond donors (Lipinski definition) is 1. The number of fused-ring (bicyclic) bond motifs is 7. The van der Waals surface area contributed by atoms with E-state index in [2.05, 4.69) is 10.2 Å². The van der Waals surface area contributed by atoms with Gasteiger partial charge in [-0.05, 0) is 44.0 Å². The van der Waals surface area contributed by atoms with Crippen molar-refractivity contribution in [1.82, 2.24) is 4.90 Å². The Kier molecular flexibility index (Phi) is 4.41. The fraction of sp³-hybridized carbons (Fsp3) is 0.375. The average Bonchev–Trinajstić information content (AvgIpc) is 3.49. The summed E-state index contributed by atoms with van der Waals surface area (Å²) in [6.07, 6.45) is 1.60. The predicted molar refractivity (Wildman–Crippen MR) is 124 cm³/mol. The molecule has 6 rings (SSSR count). The van der Waals surface area contributed by atoms with Crippen molar-refractivity contribution in [3.05, 3.63) is 51.5 Å². The molecule has 0 aliphatic carbocycles. The second kappa shape index (κ2) is 6.95. The van der Waals surface area contributed by atoms with E-state index in [1.807, 2.05) is 6.07 Å². The summed E-state index contributed by atoms with van der Waals surface area (Å²) in [7, 11) is 1.47. The van der Waals surface area contributed by atoms with Crippen LogP contribution < -0.4 is 15.0 Å². The Morgan fingerprint density at radius 3 is 2.67 bits per heavy atom. The fourth-order valence-corrected chi connectivity index (χ4v) is 6.79. The number of anilines is 2. The average molecular weight is 486 g/mol. The smallest absolute Gasteiger partial charge is 0.250 e. The first kappa shape index (κ1) is 21.0. The summed E-state index contributed by atoms with van der Waals surface area (Å²) >= 11 is 12.7.